The summed E-state index contributed by atoms with van der Waals surface area (Å²) in [7, 11) is 2.36. The Labute approximate surface area is 155 Å². The van der Waals surface area contributed by atoms with Gasteiger partial charge in [0, 0.05) is 24.2 Å². The summed E-state index contributed by atoms with van der Waals surface area (Å²) < 4.78 is 15.1. The number of non-ortho nitro benzene ring substituents is 1. The van der Waals surface area contributed by atoms with E-state index in [-0.39, 0.29) is 28.5 Å². The first kappa shape index (κ1) is 20.0. The zero-order valence-corrected chi connectivity index (χ0v) is 15.2. The normalized spacial score (nSPS) is 10.3. The Balaban J connectivity index is 2.62. The van der Waals surface area contributed by atoms with Crippen molar-refractivity contribution in [2.24, 2.45) is 0 Å². The summed E-state index contributed by atoms with van der Waals surface area (Å²) in [6.07, 6.45) is 1.73. The third-order valence-corrected chi connectivity index (χ3v) is 3.84. The number of nitro benzene ring substituents is 1. The van der Waals surface area contributed by atoms with E-state index in [9.17, 15) is 19.7 Å². The summed E-state index contributed by atoms with van der Waals surface area (Å²) in [4.78, 5) is 34.7. The second-order valence-electron chi connectivity index (χ2n) is 5.58. The fraction of sp³-hybridized carbons (Fsp3) is 0.333. The van der Waals surface area contributed by atoms with Crippen LogP contribution in [0.15, 0.2) is 28.7 Å². The molecule has 27 heavy (non-hydrogen) atoms. The van der Waals surface area contributed by atoms with Crippen LogP contribution in [0, 0.1) is 10.1 Å². The van der Waals surface area contributed by atoms with Gasteiger partial charge in [-0.05, 0) is 18.6 Å². The molecule has 0 saturated heterocycles. The van der Waals surface area contributed by atoms with E-state index in [4.69, 9.17) is 13.9 Å². The number of benzene rings is 1. The summed E-state index contributed by atoms with van der Waals surface area (Å²) in [6.45, 7) is 2.54. The molecule has 1 N–H and O–H groups in total. The van der Waals surface area contributed by atoms with Crippen molar-refractivity contribution in [2.45, 2.75) is 19.8 Å². The van der Waals surface area contributed by atoms with Gasteiger partial charge in [-0.15, -0.1) is 0 Å². The van der Waals surface area contributed by atoms with E-state index in [1.807, 2.05) is 6.92 Å². The first-order chi connectivity index (χ1) is 12.9. The molecule has 0 atom stereocenters. The largest absolute Gasteiger partial charge is 0.465 e. The first-order valence-electron chi connectivity index (χ1n) is 8.26. The van der Waals surface area contributed by atoms with Crippen molar-refractivity contribution in [1.82, 2.24) is 0 Å². The predicted molar refractivity (Wildman–Crippen MR) is 96.9 cm³/mol. The fourth-order valence-electron chi connectivity index (χ4n) is 2.46. The van der Waals surface area contributed by atoms with Crippen LogP contribution in [0.3, 0.4) is 0 Å². The minimum Gasteiger partial charge on any atom is -0.465 e. The standard InChI is InChI=1S/C18H20N2O7/c1-4-5-10-19-14-13(17(21)25-2)16(18(22)26-3)27-15(14)11-6-8-12(9-7-11)20(23)24/h6-9,19H,4-5,10H2,1-3H3. The summed E-state index contributed by atoms with van der Waals surface area (Å²) >= 11 is 0. The van der Waals surface area contributed by atoms with Crippen LogP contribution in [0.5, 0.6) is 0 Å². The highest BCUT2D eigenvalue weighted by Gasteiger charge is 2.31. The number of nitrogens with zero attached hydrogens (tertiary/aromatic N) is 1. The second-order valence-corrected chi connectivity index (χ2v) is 5.58. The number of nitrogens with one attached hydrogen (secondary N) is 1. The molecular weight excluding hydrogens is 356 g/mol. The summed E-state index contributed by atoms with van der Waals surface area (Å²) in [5.41, 5.74) is 0.574. The Kier molecular flexibility index (Phi) is 6.53. The minimum absolute atomic E-state index is 0.0752. The Morgan fingerprint density at radius 3 is 2.30 bits per heavy atom. The number of carbonyl (C=O) groups is 2. The number of esters is 2. The Morgan fingerprint density at radius 2 is 1.78 bits per heavy atom. The van der Waals surface area contributed by atoms with E-state index in [0.717, 1.165) is 12.8 Å². The zero-order chi connectivity index (χ0) is 20.0. The fourth-order valence-corrected chi connectivity index (χ4v) is 2.46. The van der Waals surface area contributed by atoms with E-state index in [0.29, 0.717) is 12.1 Å². The number of nitro groups is 1. The van der Waals surface area contributed by atoms with Gasteiger partial charge in [-0.2, -0.15) is 0 Å². The van der Waals surface area contributed by atoms with Gasteiger partial charge in [-0.25, -0.2) is 9.59 Å². The van der Waals surface area contributed by atoms with Gasteiger partial charge in [-0.1, -0.05) is 13.3 Å². The van der Waals surface area contributed by atoms with E-state index >= 15 is 0 Å². The maximum absolute atomic E-state index is 12.3. The molecule has 2 rings (SSSR count). The molecule has 0 amide bonds. The van der Waals surface area contributed by atoms with Crippen LogP contribution in [-0.4, -0.2) is 37.6 Å². The molecule has 0 fully saturated rings. The van der Waals surface area contributed by atoms with Gasteiger partial charge in [0.05, 0.1) is 24.8 Å². The lowest BCUT2D eigenvalue weighted by Gasteiger charge is -2.08. The summed E-state index contributed by atoms with van der Waals surface area (Å²) in [5, 5.41) is 13.9. The molecule has 0 spiro atoms. The lowest BCUT2D eigenvalue weighted by atomic mass is 10.1. The topological polar surface area (TPSA) is 121 Å². The quantitative estimate of drug-likeness (QED) is 0.321. The van der Waals surface area contributed by atoms with Gasteiger partial charge in [0.15, 0.2) is 5.76 Å². The highest BCUT2D eigenvalue weighted by molar-refractivity contribution is 6.08. The first-order valence-corrected chi connectivity index (χ1v) is 8.26. The van der Waals surface area contributed by atoms with Crippen molar-refractivity contribution >= 4 is 23.3 Å². The molecule has 0 aliphatic rings. The van der Waals surface area contributed by atoms with Crippen LogP contribution in [0.2, 0.25) is 0 Å². The number of hydrogen-bond donors (Lipinski definition) is 1. The van der Waals surface area contributed by atoms with Gasteiger partial charge >= 0.3 is 11.9 Å². The maximum Gasteiger partial charge on any atom is 0.374 e. The molecule has 9 nitrogen and oxygen atoms in total. The second kappa shape index (κ2) is 8.84. The van der Waals surface area contributed by atoms with Gasteiger partial charge in [-0.3, -0.25) is 10.1 Å². The van der Waals surface area contributed by atoms with E-state index < -0.39 is 16.9 Å². The van der Waals surface area contributed by atoms with Crippen molar-refractivity contribution in [1.29, 1.82) is 0 Å². The summed E-state index contributed by atoms with van der Waals surface area (Å²) in [5.74, 6) is -1.69. The zero-order valence-electron chi connectivity index (χ0n) is 15.2. The Hall–Kier alpha value is -3.36. The van der Waals surface area contributed by atoms with Gasteiger partial charge in [0.2, 0.25) is 5.76 Å². The van der Waals surface area contributed by atoms with Gasteiger partial charge < -0.3 is 19.2 Å². The molecule has 1 aromatic carbocycles. The van der Waals surface area contributed by atoms with Crippen molar-refractivity contribution in [3.8, 4) is 11.3 Å². The Morgan fingerprint density at radius 1 is 1.15 bits per heavy atom. The average Bonchev–Trinajstić information content (AvgIpc) is 3.06. The lowest BCUT2D eigenvalue weighted by molar-refractivity contribution is -0.384. The average molecular weight is 376 g/mol. The van der Waals surface area contributed by atoms with Crippen LogP contribution in [0.25, 0.3) is 11.3 Å². The monoisotopic (exact) mass is 376 g/mol. The predicted octanol–water partition coefficient (Wildman–Crippen LogP) is 3.64. The van der Waals surface area contributed by atoms with Crippen molar-refractivity contribution < 1.29 is 28.4 Å². The number of methoxy groups -OCH3 is 2. The third-order valence-electron chi connectivity index (χ3n) is 3.84. The summed E-state index contributed by atoms with van der Waals surface area (Å²) in [6, 6.07) is 5.57. The van der Waals surface area contributed by atoms with Crippen molar-refractivity contribution in [3.63, 3.8) is 0 Å². The van der Waals surface area contributed by atoms with E-state index in [1.54, 1.807) is 0 Å². The molecule has 0 unspecified atom stereocenters. The molecule has 9 heteroatoms. The van der Waals surface area contributed by atoms with E-state index in [1.165, 1.54) is 38.5 Å². The van der Waals surface area contributed by atoms with Crippen molar-refractivity contribution in [3.05, 3.63) is 45.7 Å². The van der Waals surface area contributed by atoms with Crippen LogP contribution in [0.4, 0.5) is 11.4 Å². The molecule has 1 heterocycles. The molecule has 0 radical (unpaired) electrons. The number of rotatable bonds is 8. The van der Waals surface area contributed by atoms with Crippen LogP contribution < -0.4 is 5.32 Å². The number of unbranched alkanes of at least 4 members (excludes halogenated alkanes) is 1. The SMILES string of the molecule is CCCCNc1c(-c2ccc([N+](=O)[O-])cc2)oc(C(=O)OC)c1C(=O)OC. The van der Waals surface area contributed by atoms with Gasteiger partial charge in [0.25, 0.3) is 5.69 Å². The molecule has 0 saturated carbocycles. The molecule has 0 bridgehead atoms. The van der Waals surface area contributed by atoms with Crippen LogP contribution in [0.1, 0.15) is 40.7 Å². The molecule has 144 valence electrons. The van der Waals surface area contributed by atoms with Crippen LogP contribution >= 0.6 is 0 Å². The maximum atomic E-state index is 12.3. The molecule has 0 aliphatic heterocycles. The molecule has 2 aromatic rings. The number of furan rings is 1. The van der Waals surface area contributed by atoms with E-state index in [2.05, 4.69) is 5.32 Å². The van der Waals surface area contributed by atoms with Crippen molar-refractivity contribution in [2.75, 3.05) is 26.1 Å². The number of carbonyl (C=O) groups excluding carboxylic acids is 2. The van der Waals surface area contributed by atoms with Crippen LogP contribution in [-0.2, 0) is 9.47 Å². The smallest absolute Gasteiger partial charge is 0.374 e. The number of anilines is 1. The van der Waals surface area contributed by atoms with Gasteiger partial charge in [0.1, 0.15) is 5.56 Å². The number of hydrogen-bond acceptors (Lipinski definition) is 8. The molecule has 0 aliphatic carbocycles. The highest BCUT2D eigenvalue weighted by Crippen LogP contribution is 2.37. The number of ether oxygens (including phenoxy) is 2. The molecule has 1 aromatic heterocycles. The third kappa shape index (κ3) is 4.25. The highest BCUT2D eigenvalue weighted by atomic mass is 16.6. The molecular formula is C18H20N2O7. The lowest BCUT2D eigenvalue weighted by Crippen LogP contribution is -2.12. The Bertz CT molecular complexity index is 840. The minimum atomic E-state index is -0.831.